The lowest BCUT2D eigenvalue weighted by molar-refractivity contribution is -0.158. The van der Waals surface area contributed by atoms with Crippen LogP contribution in [-0.4, -0.2) is 107 Å². The van der Waals surface area contributed by atoms with Crippen LogP contribution < -0.4 is 10.0 Å². The lowest BCUT2D eigenvalue weighted by Gasteiger charge is -2.37. The first-order valence-corrected chi connectivity index (χ1v) is 16.0. The zero-order chi connectivity index (χ0) is 30.6. The van der Waals surface area contributed by atoms with Crippen LogP contribution in [0.3, 0.4) is 0 Å². The van der Waals surface area contributed by atoms with Gasteiger partial charge in [-0.2, -0.15) is 5.26 Å². The molecule has 5 rings (SSSR count). The Hall–Kier alpha value is -3.25. The Morgan fingerprint density at radius 2 is 1.86 bits per heavy atom. The molecule has 2 aliphatic heterocycles. The lowest BCUT2D eigenvalue weighted by atomic mass is 9.99. The van der Waals surface area contributed by atoms with Gasteiger partial charge in [0, 0.05) is 43.0 Å². The number of anilines is 1. The molecule has 5 N–H and O–H groups in total. The molecule has 3 heterocycles. The summed E-state index contributed by atoms with van der Waals surface area (Å²) in [6.07, 6.45) is -3.72. The summed E-state index contributed by atoms with van der Waals surface area (Å²) < 4.78 is 33.1. The van der Waals surface area contributed by atoms with Crippen molar-refractivity contribution in [3.8, 4) is 17.4 Å². The Balaban J connectivity index is 1.28. The molecule has 1 aromatic heterocycles. The second kappa shape index (κ2) is 13.6. The number of nitriles is 1. The second-order valence-electron chi connectivity index (χ2n) is 10.8. The normalized spacial score (nSPS) is 25.1. The van der Waals surface area contributed by atoms with Gasteiger partial charge in [0.05, 0.1) is 42.2 Å². The minimum atomic E-state index is -3.42. The fourth-order valence-corrected chi connectivity index (χ4v) is 6.91. The quantitative estimate of drug-likeness (QED) is 0.169. The predicted octanol–water partition coefficient (Wildman–Crippen LogP) is 1.80. The summed E-state index contributed by atoms with van der Waals surface area (Å²) in [7, 11) is -3.42. The molecular formula is C31H38N4O7S. The number of fused-ring (bicyclic) bond motifs is 1. The number of nitrogens with one attached hydrogen (secondary N) is 2. The Morgan fingerprint density at radius 3 is 2.60 bits per heavy atom. The zero-order valence-corrected chi connectivity index (χ0v) is 24.9. The third-order valence-electron chi connectivity index (χ3n) is 7.89. The van der Waals surface area contributed by atoms with Gasteiger partial charge in [0.25, 0.3) is 0 Å². The molecule has 0 amide bonds. The van der Waals surface area contributed by atoms with Crippen molar-refractivity contribution >= 4 is 37.6 Å². The van der Waals surface area contributed by atoms with E-state index in [0.717, 1.165) is 61.4 Å². The van der Waals surface area contributed by atoms with Crippen LogP contribution in [0, 0.1) is 11.3 Å². The highest BCUT2D eigenvalue weighted by atomic mass is 32.2. The van der Waals surface area contributed by atoms with E-state index in [1.54, 1.807) is 19.1 Å². The molecule has 0 saturated carbocycles. The van der Waals surface area contributed by atoms with Crippen LogP contribution in [0.1, 0.15) is 12.7 Å². The van der Waals surface area contributed by atoms with Gasteiger partial charge in [0.1, 0.15) is 40.8 Å². The minimum Gasteiger partial charge on any atom is -0.456 e. The van der Waals surface area contributed by atoms with Gasteiger partial charge < -0.3 is 34.5 Å². The van der Waals surface area contributed by atoms with Gasteiger partial charge in [-0.25, -0.2) is 8.93 Å². The van der Waals surface area contributed by atoms with Crippen LogP contribution in [0.15, 0.2) is 57.9 Å². The van der Waals surface area contributed by atoms with E-state index in [1.165, 1.54) is 0 Å². The number of allylic oxidation sites excluding steroid dienone is 2. The molecule has 12 heteroatoms. The number of benzene rings is 2. The van der Waals surface area contributed by atoms with Gasteiger partial charge in [-0.1, -0.05) is 18.2 Å². The summed E-state index contributed by atoms with van der Waals surface area (Å²) in [5.74, 6) is 4.65. The highest BCUT2D eigenvalue weighted by molar-refractivity contribution is 8.02. The summed E-state index contributed by atoms with van der Waals surface area (Å²) >= 11 is 0. The van der Waals surface area contributed by atoms with E-state index >= 15 is 0 Å². The van der Waals surface area contributed by atoms with Crippen LogP contribution in [0.5, 0.6) is 0 Å². The van der Waals surface area contributed by atoms with E-state index < -0.39 is 40.7 Å². The van der Waals surface area contributed by atoms with Gasteiger partial charge in [-0.3, -0.25) is 4.90 Å². The smallest absolute Gasteiger partial charge is 0.134 e. The molecule has 0 bridgehead atoms. The lowest BCUT2D eigenvalue weighted by Crippen LogP contribution is -2.59. The number of aliphatic hydroxyl groups excluding tert-OH is 3. The first-order chi connectivity index (χ1) is 20.7. The topological polar surface area (TPSA) is 160 Å². The summed E-state index contributed by atoms with van der Waals surface area (Å²) in [6.45, 7) is 6.34. The molecule has 2 saturated heterocycles. The summed E-state index contributed by atoms with van der Waals surface area (Å²) in [4.78, 5) is 2.24. The van der Waals surface area contributed by atoms with Crippen molar-refractivity contribution in [3.63, 3.8) is 0 Å². The molecule has 2 aliphatic rings. The zero-order valence-electron chi connectivity index (χ0n) is 24.1. The minimum absolute atomic E-state index is 0.132. The largest absolute Gasteiger partial charge is 0.456 e. The second-order valence-corrected chi connectivity index (χ2v) is 12.8. The Kier molecular flexibility index (Phi) is 9.85. The summed E-state index contributed by atoms with van der Waals surface area (Å²) in [6, 6.07) is 16.8. The number of furan rings is 1. The first kappa shape index (κ1) is 31.2. The number of aliphatic hydroxyl groups is 3. The van der Waals surface area contributed by atoms with Crippen LogP contribution >= 0.6 is 0 Å². The highest BCUT2D eigenvalue weighted by Crippen LogP contribution is 2.31. The van der Waals surface area contributed by atoms with Crippen molar-refractivity contribution in [3.05, 3.63) is 59.2 Å². The van der Waals surface area contributed by atoms with Gasteiger partial charge in [-0.05, 0) is 53.9 Å². The molecule has 5 atom stereocenters. The molecule has 0 radical (unpaired) electrons. The van der Waals surface area contributed by atoms with E-state index in [9.17, 15) is 24.8 Å². The average molecular weight is 611 g/mol. The third kappa shape index (κ3) is 7.12. The highest BCUT2D eigenvalue weighted by Gasteiger charge is 2.39. The van der Waals surface area contributed by atoms with E-state index in [2.05, 4.69) is 39.0 Å². The standard InChI is InChI=1S/C31H38N4O7S/c1-20(29(17-32)43(2,39)34-25-19-41-28(18-36)31(38)30(25)37)26-7-8-27(42-26)23-4-3-22-16-24(6-5-21(22)15-23)33-9-10-35-11-13-40-14-12-35/h3-8,15-16,25,28,30-31,33,36-38H,2,9-14,18-19H2,1H3,(H,34,39)/b29-20+/t25?,28-,30-,31-,43?/m1/s1. The maximum Gasteiger partial charge on any atom is 0.134 e. The summed E-state index contributed by atoms with van der Waals surface area (Å²) in [5, 5.41) is 45.4. The number of ether oxygens (including phenoxy) is 2. The fraction of sp³-hybridized carbons (Fsp3) is 0.419. The molecule has 2 aromatic carbocycles. The molecule has 11 nitrogen and oxygen atoms in total. The Morgan fingerprint density at radius 1 is 1.12 bits per heavy atom. The number of morpholine rings is 1. The van der Waals surface area contributed by atoms with Crippen molar-refractivity contribution < 1.29 is 33.4 Å². The maximum absolute atomic E-state index is 13.5. The molecule has 230 valence electrons. The Labute approximate surface area is 251 Å². The van der Waals surface area contributed by atoms with E-state index in [1.807, 2.05) is 24.3 Å². The molecule has 0 spiro atoms. The van der Waals surface area contributed by atoms with Crippen molar-refractivity contribution in [1.82, 2.24) is 9.62 Å². The maximum atomic E-state index is 13.5. The third-order valence-corrected chi connectivity index (χ3v) is 9.63. The van der Waals surface area contributed by atoms with E-state index in [0.29, 0.717) is 17.1 Å². The SMILES string of the molecule is C=S(=O)(NC1CO[C@H](CO)[C@@H](O)[C@@H]1O)/C(C#N)=C(\C)c1ccc(-c2ccc3cc(NCCN4CCOCC4)ccc3c2)o1. The van der Waals surface area contributed by atoms with Crippen LogP contribution in [0.25, 0.3) is 27.7 Å². The number of hydrogen-bond donors (Lipinski definition) is 5. The van der Waals surface area contributed by atoms with Gasteiger partial charge in [0.2, 0.25) is 0 Å². The molecule has 3 aromatic rings. The van der Waals surface area contributed by atoms with Crippen LogP contribution in [0.2, 0.25) is 0 Å². The average Bonchev–Trinajstić information content (AvgIpc) is 3.51. The van der Waals surface area contributed by atoms with Gasteiger partial charge in [-0.15, -0.1) is 0 Å². The number of hydrogen-bond acceptors (Lipinski definition) is 10. The molecule has 43 heavy (non-hydrogen) atoms. The first-order valence-electron chi connectivity index (χ1n) is 14.2. The predicted molar refractivity (Wildman–Crippen MR) is 167 cm³/mol. The van der Waals surface area contributed by atoms with Crippen molar-refractivity contribution in [2.75, 3.05) is 57.9 Å². The molecule has 2 fully saturated rings. The van der Waals surface area contributed by atoms with Crippen molar-refractivity contribution in [2.24, 2.45) is 0 Å². The van der Waals surface area contributed by atoms with Gasteiger partial charge >= 0.3 is 0 Å². The van der Waals surface area contributed by atoms with Crippen molar-refractivity contribution in [1.29, 1.82) is 5.26 Å². The Bertz CT molecular complexity index is 1610. The monoisotopic (exact) mass is 610 g/mol. The number of rotatable bonds is 10. The molecule has 2 unspecified atom stereocenters. The number of nitrogens with zero attached hydrogens (tertiary/aromatic N) is 2. The molecule has 0 aliphatic carbocycles. The van der Waals surface area contributed by atoms with Crippen molar-refractivity contribution in [2.45, 2.75) is 31.3 Å². The van der Waals surface area contributed by atoms with E-state index in [-0.39, 0.29) is 11.5 Å². The summed E-state index contributed by atoms with van der Waals surface area (Å²) in [5.41, 5.74) is 2.23. The fourth-order valence-electron chi connectivity index (χ4n) is 5.35. The van der Waals surface area contributed by atoms with Crippen LogP contribution in [0.4, 0.5) is 5.69 Å². The molecular weight excluding hydrogens is 572 g/mol. The van der Waals surface area contributed by atoms with Gasteiger partial charge in [0.15, 0.2) is 0 Å². The van der Waals surface area contributed by atoms with E-state index in [4.69, 9.17) is 13.9 Å². The van der Waals surface area contributed by atoms with Crippen LogP contribution in [-0.2, 0) is 19.2 Å².